The maximum Gasteiger partial charge on any atom is 0.329 e. The van der Waals surface area contributed by atoms with Crippen LogP contribution in [0.4, 0.5) is 0 Å². The lowest BCUT2D eigenvalue weighted by Crippen LogP contribution is -2.47. The van der Waals surface area contributed by atoms with Gasteiger partial charge in [-0.3, -0.25) is 19.2 Å². The molecule has 10 nitrogen and oxygen atoms in total. The summed E-state index contributed by atoms with van der Waals surface area (Å²) in [7, 11) is 0. The second kappa shape index (κ2) is 20.0. The van der Waals surface area contributed by atoms with Gasteiger partial charge < -0.3 is 20.7 Å². The van der Waals surface area contributed by atoms with Crippen molar-refractivity contribution in [3.8, 4) is 0 Å². The third-order valence-electron chi connectivity index (χ3n) is 8.22. The van der Waals surface area contributed by atoms with Crippen LogP contribution in [0.25, 0.3) is 10.8 Å². The fourth-order valence-electron chi connectivity index (χ4n) is 5.53. The molecule has 2 aromatic carbocycles. The van der Waals surface area contributed by atoms with Gasteiger partial charge in [-0.25, -0.2) is 9.78 Å². The Morgan fingerprint density at radius 2 is 1.74 bits per heavy atom. The fourth-order valence-corrected chi connectivity index (χ4v) is 6.30. The van der Waals surface area contributed by atoms with Crippen LogP contribution < -0.4 is 16.0 Å². The third kappa shape index (κ3) is 12.0. The molecule has 0 radical (unpaired) electrons. The van der Waals surface area contributed by atoms with E-state index in [0.29, 0.717) is 24.3 Å². The molecule has 0 saturated carbocycles. The molecule has 2 heterocycles. The van der Waals surface area contributed by atoms with Crippen molar-refractivity contribution in [2.75, 3.05) is 5.75 Å². The van der Waals surface area contributed by atoms with E-state index in [-0.39, 0.29) is 35.9 Å². The van der Waals surface area contributed by atoms with Gasteiger partial charge in [0.25, 0.3) is 11.8 Å². The van der Waals surface area contributed by atoms with Crippen molar-refractivity contribution in [2.24, 2.45) is 0 Å². The van der Waals surface area contributed by atoms with Crippen LogP contribution in [0, 0.1) is 0 Å². The maximum absolute atomic E-state index is 13.9. The van der Waals surface area contributed by atoms with Gasteiger partial charge in [-0.15, -0.1) is 0 Å². The number of aromatic nitrogens is 1. The van der Waals surface area contributed by atoms with E-state index in [2.05, 4.69) is 27.9 Å². The van der Waals surface area contributed by atoms with Gasteiger partial charge in [-0.1, -0.05) is 105 Å². The van der Waals surface area contributed by atoms with Crippen molar-refractivity contribution in [2.45, 2.75) is 90.3 Å². The number of unbranched alkanes of at least 4 members (excludes halogenated alkanes) is 4. The van der Waals surface area contributed by atoms with E-state index in [4.69, 9.17) is 4.74 Å². The van der Waals surface area contributed by atoms with Crippen LogP contribution in [0.3, 0.4) is 0 Å². The number of nitrogens with zero attached hydrogens (tertiary/aromatic N) is 1. The molecule has 2 bridgehead atoms. The first kappa shape index (κ1) is 38.0. The molecule has 3 aromatic rings. The number of nitrogens with one attached hydrogen (secondary N) is 3. The summed E-state index contributed by atoms with van der Waals surface area (Å²) in [6.07, 6.45) is 10.4. The SMILES string of the molecule is C/C=C1\NC(=O)c2cccc(n2)CNC(=O)C[C@@H](/C=C/CCSC(=O)CCCCCCC)OC(=O)[C@H](Cc2cccc3ccccc23)NC1=O. The molecule has 0 aliphatic carbocycles. The lowest BCUT2D eigenvalue weighted by atomic mass is 9.98. The van der Waals surface area contributed by atoms with Gasteiger partial charge in [0.2, 0.25) is 5.91 Å². The number of cyclic esters (lactones) is 1. The summed E-state index contributed by atoms with van der Waals surface area (Å²) < 4.78 is 5.92. The predicted molar refractivity (Wildman–Crippen MR) is 196 cm³/mol. The van der Waals surface area contributed by atoms with Crippen LogP contribution in [0.5, 0.6) is 0 Å². The minimum Gasteiger partial charge on any atom is -0.456 e. The first-order valence-electron chi connectivity index (χ1n) is 17.3. The number of hydrogen-bond donors (Lipinski definition) is 3. The Morgan fingerprint density at radius 3 is 2.56 bits per heavy atom. The van der Waals surface area contributed by atoms with Crippen LogP contribution in [-0.2, 0) is 36.9 Å². The average Bonchev–Trinajstić information content (AvgIpc) is 3.12. The molecule has 2 atom stereocenters. The van der Waals surface area contributed by atoms with Crippen LogP contribution in [-0.4, -0.2) is 51.7 Å². The molecule has 3 amide bonds. The standard InChI is InChI=1S/C39H46N4O6S/c1-3-5-6-7-8-22-36(45)50-23-12-11-19-30-25-35(44)40-26-29-18-14-21-33(41-29)38(47)42-32(4-2)37(46)43-34(39(48)49-30)24-28-17-13-16-27-15-9-10-20-31(27)28/h4,9-11,13-21,30,34H,3,5-8,12,22-26H2,1-2H3,(H,40,44)(H,42,47)(H,43,46)/b19-11+,32-4-/t30-,34+/m1/s1. The number of ether oxygens (including phenoxy) is 1. The molecule has 0 fully saturated rings. The summed E-state index contributed by atoms with van der Waals surface area (Å²) >= 11 is 1.28. The number of hydrogen-bond acceptors (Lipinski definition) is 8. The van der Waals surface area contributed by atoms with Crippen LogP contribution >= 0.6 is 11.8 Å². The van der Waals surface area contributed by atoms with E-state index in [1.807, 2.05) is 48.5 Å². The number of benzene rings is 2. The van der Waals surface area contributed by atoms with Crippen molar-refractivity contribution in [3.63, 3.8) is 0 Å². The van der Waals surface area contributed by atoms with Crippen LogP contribution in [0.1, 0.15) is 87.0 Å². The van der Waals surface area contributed by atoms with E-state index < -0.39 is 35.8 Å². The van der Waals surface area contributed by atoms with E-state index in [0.717, 1.165) is 42.0 Å². The fraction of sp³-hybridized carbons (Fsp3) is 0.385. The molecular weight excluding hydrogens is 653 g/mol. The van der Waals surface area contributed by atoms with Gasteiger partial charge in [0.1, 0.15) is 23.5 Å². The van der Waals surface area contributed by atoms with Gasteiger partial charge in [-0.05, 0) is 54.3 Å². The van der Waals surface area contributed by atoms with Gasteiger partial charge >= 0.3 is 5.97 Å². The Kier molecular flexibility index (Phi) is 15.2. The normalized spacial score (nSPS) is 18.5. The Morgan fingerprint density at radius 1 is 0.960 bits per heavy atom. The quantitative estimate of drug-likeness (QED) is 0.0892. The van der Waals surface area contributed by atoms with E-state index in [9.17, 15) is 24.0 Å². The first-order chi connectivity index (χ1) is 24.3. The highest BCUT2D eigenvalue weighted by molar-refractivity contribution is 8.13. The average molecular weight is 699 g/mol. The highest BCUT2D eigenvalue weighted by atomic mass is 32.2. The topological polar surface area (TPSA) is 144 Å². The van der Waals surface area contributed by atoms with Crippen molar-refractivity contribution in [1.82, 2.24) is 20.9 Å². The first-order valence-corrected chi connectivity index (χ1v) is 18.3. The smallest absolute Gasteiger partial charge is 0.329 e. The zero-order valence-corrected chi connectivity index (χ0v) is 29.6. The number of esters is 1. The summed E-state index contributed by atoms with van der Waals surface area (Å²) in [5, 5.41) is 10.2. The van der Waals surface area contributed by atoms with Gasteiger partial charge in [-0.2, -0.15) is 0 Å². The third-order valence-corrected chi connectivity index (χ3v) is 9.18. The van der Waals surface area contributed by atoms with Crippen molar-refractivity contribution in [1.29, 1.82) is 0 Å². The monoisotopic (exact) mass is 698 g/mol. The molecule has 3 N–H and O–H groups in total. The summed E-state index contributed by atoms with van der Waals surface area (Å²) in [4.78, 5) is 70.2. The number of carbonyl (C=O) groups excluding carboxylic acids is 5. The zero-order valence-electron chi connectivity index (χ0n) is 28.7. The van der Waals surface area contributed by atoms with Gasteiger partial charge in [0.05, 0.1) is 18.7 Å². The van der Waals surface area contributed by atoms with Gasteiger partial charge in [0.15, 0.2) is 5.12 Å². The van der Waals surface area contributed by atoms with Crippen molar-refractivity contribution < 1.29 is 28.7 Å². The summed E-state index contributed by atoms with van der Waals surface area (Å²) in [6.45, 7) is 3.81. The number of fused-ring (bicyclic) bond motifs is 3. The second-order valence-corrected chi connectivity index (χ2v) is 13.2. The number of carbonyl (C=O) groups is 5. The molecule has 50 heavy (non-hydrogen) atoms. The molecule has 264 valence electrons. The summed E-state index contributed by atoms with van der Waals surface area (Å²) in [5.74, 6) is -1.85. The number of rotatable bonds is 12. The highest BCUT2D eigenvalue weighted by Gasteiger charge is 2.28. The van der Waals surface area contributed by atoms with Crippen molar-refractivity contribution >= 4 is 51.3 Å². The van der Waals surface area contributed by atoms with Crippen molar-refractivity contribution in [3.05, 3.63) is 102 Å². The summed E-state index contributed by atoms with van der Waals surface area (Å²) in [6, 6.07) is 17.1. The maximum atomic E-state index is 13.9. The van der Waals surface area contributed by atoms with Crippen LogP contribution in [0.15, 0.2) is 84.6 Å². The Labute approximate surface area is 297 Å². The van der Waals surface area contributed by atoms with Crippen LogP contribution in [0.2, 0.25) is 0 Å². The molecule has 1 aromatic heterocycles. The molecule has 0 spiro atoms. The van der Waals surface area contributed by atoms with E-state index in [1.54, 1.807) is 25.1 Å². The minimum atomic E-state index is -1.15. The Balaban J connectivity index is 1.55. The number of amides is 3. The lowest BCUT2D eigenvalue weighted by molar-refractivity contribution is -0.151. The Hall–Kier alpha value is -4.77. The second-order valence-electron chi connectivity index (χ2n) is 12.1. The molecule has 1 aliphatic heterocycles. The molecule has 4 rings (SSSR count). The summed E-state index contributed by atoms with van der Waals surface area (Å²) in [5.41, 5.74) is 1.26. The van der Waals surface area contributed by atoms with E-state index >= 15 is 0 Å². The minimum absolute atomic E-state index is 0.0438. The lowest BCUT2D eigenvalue weighted by Gasteiger charge is -2.23. The molecular formula is C39H46N4O6S. The molecule has 11 heteroatoms. The largest absolute Gasteiger partial charge is 0.456 e. The Bertz CT molecular complexity index is 1720. The number of allylic oxidation sites excluding steroid dienone is 2. The number of pyridine rings is 1. The molecule has 0 unspecified atom stereocenters. The molecule has 1 aliphatic rings. The zero-order chi connectivity index (χ0) is 35.7. The van der Waals surface area contributed by atoms with E-state index in [1.165, 1.54) is 30.3 Å². The highest BCUT2D eigenvalue weighted by Crippen LogP contribution is 2.21. The predicted octanol–water partition coefficient (Wildman–Crippen LogP) is 6.09. The number of thioether (sulfide) groups is 1. The van der Waals surface area contributed by atoms with Gasteiger partial charge in [0, 0.05) is 18.6 Å². The molecule has 0 saturated heterocycles.